The van der Waals surface area contributed by atoms with Gasteiger partial charge in [-0.05, 0) is 38.1 Å². The standard InChI is InChI=1S/C14H22N5O3PS/c1-23(2,3)5-4-7-9(20)10(21)13(22-7)19-12-8(18-14(19)24)11(15)16-6-17-12/h6-7,9-10,13,20-21H,1,4-5H2,2-3H3,(H,18,24)(H2,15,16,17)/t7-,9-,10-,13?/m1/s1. The molecule has 10 heteroatoms. The molecule has 0 amide bonds. The fraction of sp³-hybridized carbons (Fsp3) is 0.571. The molecule has 24 heavy (non-hydrogen) atoms. The van der Waals surface area contributed by atoms with Crippen molar-refractivity contribution in [2.24, 2.45) is 0 Å². The second kappa shape index (κ2) is 6.24. The van der Waals surface area contributed by atoms with Crippen LogP contribution in [-0.4, -0.2) is 73.8 Å². The normalized spacial score (nSPS) is 27.8. The highest BCUT2D eigenvalue weighted by Crippen LogP contribution is 2.40. The molecule has 8 nitrogen and oxygen atoms in total. The van der Waals surface area contributed by atoms with Gasteiger partial charge in [0.05, 0.1) is 6.10 Å². The van der Waals surface area contributed by atoms with E-state index in [-0.39, 0.29) is 5.82 Å². The largest absolute Gasteiger partial charge is 0.388 e. The van der Waals surface area contributed by atoms with Crippen LogP contribution in [0, 0.1) is 4.77 Å². The van der Waals surface area contributed by atoms with E-state index >= 15 is 0 Å². The van der Waals surface area contributed by atoms with Crippen molar-refractivity contribution in [3.8, 4) is 0 Å². The minimum absolute atomic E-state index is 0.262. The first-order valence-corrected chi connectivity index (χ1v) is 11.0. The molecule has 4 atom stereocenters. The molecule has 1 fully saturated rings. The zero-order chi connectivity index (χ0) is 17.6. The fourth-order valence-corrected chi connectivity index (χ4v) is 4.10. The lowest BCUT2D eigenvalue weighted by Crippen LogP contribution is -2.32. The van der Waals surface area contributed by atoms with Crippen molar-refractivity contribution in [1.82, 2.24) is 19.5 Å². The molecule has 2 aromatic heterocycles. The van der Waals surface area contributed by atoms with Gasteiger partial charge in [0, 0.05) is 0 Å². The number of nitrogens with two attached hydrogens (primary N) is 1. The van der Waals surface area contributed by atoms with Crippen LogP contribution in [0.2, 0.25) is 0 Å². The maximum atomic E-state index is 10.4. The number of anilines is 1. The Morgan fingerprint density at radius 1 is 1.42 bits per heavy atom. The van der Waals surface area contributed by atoms with E-state index in [0.717, 1.165) is 6.16 Å². The third kappa shape index (κ3) is 3.14. The molecular weight excluding hydrogens is 349 g/mol. The minimum atomic E-state index is -1.24. The molecule has 0 aromatic carbocycles. The number of aromatic nitrogens is 4. The first-order valence-electron chi connectivity index (χ1n) is 7.58. The molecule has 0 radical (unpaired) electrons. The van der Waals surface area contributed by atoms with Gasteiger partial charge in [0.2, 0.25) is 0 Å². The number of aromatic amines is 1. The van der Waals surface area contributed by atoms with Crippen LogP contribution < -0.4 is 5.73 Å². The Balaban J connectivity index is 1.93. The maximum Gasteiger partial charge on any atom is 0.181 e. The average Bonchev–Trinajstić information content (AvgIpc) is 2.96. The predicted octanol–water partition coefficient (Wildman–Crippen LogP) is 0.790. The van der Waals surface area contributed by atoms with Crippen LogP contribution in [0.25, 0.3) is 11.2 Å². The smallest absolute Gasteiger partial charge is 0.181 e. The van der Waals surface area contributed by atoms with E-state index in [2.05, 4.69) is 34.6 Å². The first-order chi connectivity index (χ1) is 11.2. The number of fused-ring (bicyclic) bond motifs is 1. The Morgan fingerprint density at radius 2 is 2.12 bits per heavy atom. The lowest BCUT2D eigenvalue weighted by molar-refractivity contribution is -0.0360. The number of rotatable bonds is 4. The van der Waals surface area contributed by atoms with E-state index in [1.54, 1.807) is 4.57 Å². The molecule has 0 spiro atoms. The SMILES string of the molecule is C=P(C)(C)CC[C@H]1OC(n2c(=S)[nH]c3c(N)ncnc32)[C@H](O)[C@@H]1O. The topological polar surface area (TPSA) is 122 Å². The summed E-state index contributed by atoms with van der Waals surface area (Å²) in [6, 6.07) is 0. The summed E-state index contributed by atoms with van der Waals surface area (Å²) in [5.74, 6) is 0.262. The number of imidazole rings is 1. The average molecular weight is 371 g/mol. The van der Waals surface area contributed by atoms with Crippen LogP contribution >= 0.6 is 19.1 Å². The van der Waals surface area contributed by atoms with Crippen molar-refractivity contribution in [2.45, 2.75) is 31.0 Å². The number of ether oxygens (including phenoxy) is 1. The van der Waals surface area contributed by atoms with E-state index in [1.165, 1.54) is 6.33 Å². The molecule has 132 valence electrons. The molecule has 2 aromatic rings. The van der Waals surface area contributed by atoms with E-state index in [9.17, 15) is 10.2 Å². The summed E-state index contributed by atoms with van der Waals surface area (Å²) in [4.78, 5) is 11.0. The van der Waals surface area contributed by atoms with Gasteiger partial charge in [0.25, 0.3) is 0 Å². The number of nitrogen functional groups attached to an aromatic ring is 1. The molecule has 3 heterocycles. The fourth-order valence-electron chi connectivity index (χ4n) is 2.85. The number of aliphatic hydroxyl groups excluding tert-OH is 2. The van der Waals surface area contributed by atoms with Crippen LogP contribution in [0.3, 0.4) is 0 Å². The summed E-state index contributed by atoms with van der Waals surface area (Å²) in [5, 5.41) is 20.8. The minimum Gasteiger partial charge on any atom is -0.388 e. The van der Waals surface area contributed by atoms with Crippen molar-refractivity contribution in [3.63, 3.8) is 0 Å². The summed E-state index contributed by atoms with van der Waals surface area (Å²) in [7, 11) is 0. The zero-order valence-corrected chi connectivity index (χ0v) is 15.3. The van der Waals surface area contributed by atoms with Crippen molar-refractivity contribution in [1.29, 1.82) is 0 Å². The Kier molecular flexibility index (Phi) is 4.57. The van der Waals surface area contributed by atoms with Crippen LogP contribution in [-0.2, 0) is 4.74 Å². The lowest BCUT2D eigenvalue weighted by Gasteiger charge is -2.18. The highest BCUT2D eigenvalue weighted by molar-refractivity contribution is 7.72. The third-order valence-electron chi connectivity index (χ3n) is 4.15. The highest BCUT2D eigenvalue weighted by Gasteiger charge is 2.44. The van der Waals surface area contributed by atoms with Gasteiger partial charge >= 0.3 is 0 Å². The van der Waals surface area contributed by atoms with Crippen molar-refractivity contribution >= 4 is 42.4 Å². The molecule has 5 N–H and O–H groups in total. The Bertz CT molecular complexity index is 860. The predicted molar refractivity (Wildman–Crippen MR) is 98.4 cm³/mol. The van der Waals surface area contributed by atoms with Gasteiger partial charge in [0.15, 0.2) is 22.5 Å². The zero-order valence-electron chi connectivity index (χ0n) is 13.6. The van der Waals surface area contributed by atoms with Gasteiger partial charge in [-0.1, -0.05) is 0 Å². The van der Waals surface area contributed by atoms with Crippen LogP contribution in [0.15, 0.2) is 6.33 Å². The maximum absolute atomic E-state index is 10.4. The van der Waals surface area contributed by atoms with Gasteiger partial charge in [-0.25, -0.2) is 9.97 Å². The molecule has 0 saturated carbocycles. The van der Waals surface area contributed by atoms with Gasteiger partial charge in [-0.2, -0.15) is 0 Å². The molecule has 0 aliphatic carbocycles. The number of hydrogen-bond donors (Lipinski definition) is 4. The first kappa shape index (κ1) is 17.6. The Labute approximate surface area is 144 Å². The van der Waals surface area contributed by atoms with E-state index in [0.29, 0.717) is 22.4 Å². The summed E-state index contributed by atoms with van der Waals surface area (Å²) < 4.78 is 7.77. The molecule has 1 saturated heterocycles. The number of nitrogens with zero attached hydrogens (tertiary/aromatic N) is 3. The van der Waals surface area contributed by atoms with Gasteiger partial charge in [0.1, 0.15) is 24.1 Å². The molecular formula is C14H22N5O3PS. The number of nitrogens with one attached hydrogen (secondary N) is 1. The second-order valence-electron chi connectivity index (χ2n) is 6.75. The lowest BCUT2D eigenvalue weighted by atomic mass is 10.1. The summed E-state index contributed by atoms with van der Waals surface area (Å²) in [6.07, 6.45) is 3.58. The van der Waals surface area contributed by atoms with Crippen LogP contribution in [0.4, 0.5) is 5.82 Å². The number of H-pyrrole nitrogens is 1. The summed E-state index contributed by atoms with van der Waals surface area (Å²) in [6.45, 7) is 3.00. The van der Waals surface area contributed by atoms with Crippen molar-refractivity contribution in [2.75, 3.05) is 25.2 Å². The number of hydrogen-bond acceptors (Lipinski definition) is 7. The van der Waals surface area contributed by atoms with Crippen LogP contribution in [0.5, 0.6) is 0 Å². The van der Waals surface area contributed by atoms with Gasteiger partial charge < -0.3 is 25.7 Å². The highest BCUT2D eigenvalue weighted by atomic mass is 32.1. The third-order valence-corrected chi connectivity index (χ3v) is 5.91. The van der Waals surface area contributed by atoms with Gasteiger partial charge in [-0.3, -0.25) is 4.57 Å². The molecule has 1 unspecified atom stereocenters. The summed E-state index contributed by atoms with van der Waals surface area (Å²) >= 11 is 5.31. The van der Waals surface area contributed by atoms with Gasteiger partial charge in [-0.15, -0.1) is 13.2 Å². The number of aliphatic hydroxyl groups is 2. The Hall–Kier alpha value is -1.25. The Morgan fingerprint density at radius 3 is 2.79 bits per heavy atom. The molecule has 1 aliphatic rings. The molecule has 0 bridgehead atoms. The van der Waals surface area contributed by atoms with E-state index in [4.69, 9.17) is 22.7 Å². The second-order valence-corrected chi connectivity index (χ2v) is 11.5. The summed E-state index contributed by atoms with van der Waals surface area (Å²) in [5.41, 5.74) is 6.75. The molecule has 3 rings (SSSR count). The monoisotopic (exact) mass is 371 g/mol. The van der Waals surface area contributed by atoms with E-state index < -0.39 is 31.4 Å². The van der Waals surface area contributed by atoms with Crippen molar-refractivity contribution < 1.29 is 14.9 Å². The van der Waals surface area contributed by atoms with Crippen LogP contribution in [0.1, 0.15) is 12.6 Å². The van der Waals surface area contributed by atoms with Crippen molar-refractivity contribution in [3.05, 3.63) is 11.1 Å². The molecule has 1 aliphatic heterocycles. The quantitative estimate of drug-likeness (QED) is 0.463. The van der Waals surface area contributed by atoms with E-state index in [1.807, 2.05) is 0 Å².